The van der Waals surface area contributed by atoms with Crippen molar-refractivity contribution in [2.75, 3.05) is 31.1 Å². The third-order valence-corrected chi connectivity index (χ3v) is 5.68. The normalized spacial score (nSPS) is 17.9. The molecule has 7 nitrogen and oxygen atoms in total. The van der Waals surface area contributed by atoms with E-state index in [-0.39, 0.29) is 5.56 Å². The number of fused-ring (bicyclic) bond motifs is 1. The zero-order chi connectivity index (χ0) is 18.9. The molecule has 1 aromatic carbocycles. The number of hydrogen-bond donors (Lipinski definition) is 0. The third-order valence-electron chi connectivity index (χ3n) is 5.68. The average molecular weight is 376 g/mol. The number of piperazine rings is 1. The zero-order valence-corrected chi connectivity index (χ0v) is 15.9. The standard InChI is InChI=1S/C21H24N6O/c28-21-18-5-4-17(12-19(18)24-15-27(21)13-16-2-3-16)26-10-8-25(9-11-26)14-20-22-6-1-7-23-20/h1,4-7,12,15-16H,2-3,8-11,13-14H2. The lowest BCUT2D eigenvalue weighted by molar-refractivity contribution is 0.244. The lowest BCUT2D eigenvalue weighted by atomic mass is 10.2. The summed E-state index contributed by atoms with van der Waals surface area (Å²) >= 11 is 0. The van der Waals surface area contributed by atoms with Gasteiger partial charge in [0.05, 0.1) is 23.8 Å². The molecule has 2 aliphatic rings. The van der Waals surface area contributed by atoms with Crippen LogP contribution in [-0.4, -0.2) is 50.6 Å². The topological polar surface area (TPSA) is 67.2 Å². The maximum atomic E-state index is 12.7. The molecule has 0 spiro atoms. The minimum Gasteiger partial charge on any atom is -0.369 e. The van der Waals surface area contributed by atoms with Crippen molar-refractivity contribution in [3.63, 3.8) is 0 Å². The summed E-state index contributed by atoms with van der Waals surface area (Å²) in [5.74, 6) is 1.53. The highest BCUT2D eigenvalue weighted by Gasteiger charge is 2.23. The van der Waals surface area contributed by atoms with Crippen molar-refractivity contribution < 1.29 is 0 Å². The molecule has 1 saturated heterocycles. The van der Waals surface area contributed by atoms with E-state index < -0.39 is 0 Å². The summed E-state index contributed by atoms with van der Waals surface area (Å²) in [4.78, 5) is 30.6. The fourth-order valence-electron chi connectivity index (χ4n) is 3.83. The van der Waals surface area contributed by atoms with E-state index >= 15 is 0 Å². The van der Waals surface area contributed by atoms with E-state index in [9.17, 15) is 4.79 Å². The molecule has 2 aromatic heterocycles. The van der Waals surface area contributed by atoms with Crippen LogP contribution in [0.25, 0.3) is 10.9 Å². The van der Waals surface area contributed by atoms with Gasteiger partial charge < -0.3 is 4.90 Å². The summed E-state index contributed by atoms with van der Waals surface area (Å²) in [6, 6.07) is 7.89. The molecular weight excluding hydrogens is 352 g/mol. The second-order valence-electron chi connectivity index (χ2n) is 7.78. The second kappa shape index (κ2) is 7.31. The smallest absolute Gasteiger partial charge is 0.261 e. The highest BCUT2D eigenvalue weighted by atomic mass is 16.1. The Morgan fingerprint density at radius 2 is 1.79 bits per heavy atom. The van der Waals surface area contributed by atoms with Crippen LogP contribution in [0.5, 0.6) is 0 Å². The molecule has 0 amide bonds. The van der Waals surface area contributed by atoms with Crippen LogP contribution in [0.3, 0.4) is 0 Å². The van der Waals surface area contributed by atoms with Crippen LogP contribution in [-0.2, 0) is 13.1 Å². The van der Waals surface area contributed by atoms with Gasteiger partial charge in [0.15, 0.2) is 0 Å². The highest BCUT2D eigenvalue weighted by molar-refractivity contribution is 5.81. The molecule has 0 atom stereocenters. The number of rotatable bonds is 5. The monoisotopic (exact) mass is 376 g/mol. The molecule has 0 bridgehead atoms. The first-order valence-electron chi connectivity index (χ1n) is 9.99. The van der Waals surface area contributed by atoms with Crippen molar-refractivity contribution in [3.8, 4) is 0 Å². The van der Waals surface area contributed by atoms with Crippen LogP contribution in [0, 0.1) is 5.92 Å². The first kappa shape index (κ1) is 17.3. The van der Waals surface area contributed by atoms with Gasteiger partial charge in [0.1, 0.15) is 5.82 Å². The van der Waals surface area contributed by atoms with Crippen molar-refractivity contribution in [2.24, 2.45) is 5.92 Å². The molecule has 1 aliphatic heterocycles. The first-order chi connectivity index (χ1) is 13.8. The molecule has 2 fully saturated rings. The van der Waals surface area contributed by atoms with Crippen molar-refractivity contribution in [1.29, 1.82) is 0 Å². The minimum atomic E-state index is 0.0798. The predicted molar refractivity (Wildman–Crippen MR) is 108 cm³/mol. The second-order valence-corrected chi connectivity index (χ2v) is 7.78. The lowest BCUT2D eigenvalue weighted by Gasteiger charge is -2.35. The van der Waals surface area contributed by atoms with E-state index in [1.54, 1.807) is 23.3 Å². The van der Waals surface area contributed by atoms with Crippen molar-refractivity contribution in [2.45, 2.75) is 25.9 Å². The molecule has 7 heteroatoms. The molecule has 5 rings (SSSR count). The van der Waals surface area contributed by atoms with Crippen LogP contribution in [0.1, 0.15) is 18.7 Å². The summed E-state index contributed by atoms with van der Waals surface area (Å²) in [7, 11) is 0. The fraction of sp³-hybridized carbons (Fsp3) is 0.429. The van der Waals surface area contributed by atoms with Crippen LogP contribution >= 0.6 is 0 Å². The molecule has 1 aliphatic carbocycles. The number of hydrogen-bond acceptors (Lipinski definition) is 6. The summed E-state index contributed by atoms with van der Waals surface area (Å²) in [5, 5.41) is 0.715. The van der Waals surface area contributed by atoms with Gasteiger partial charge in [-0.15, -0.1) is 0 Å². The Morgan fingerprint density at radius 3 is 2.54 bits per heavy atom. The fourth-order valence-corrected chi connectivity index (χ4v) is 3.83. The van der Waals surface area contributed by atoms with Gasteiger partial charge in [-0.25, -0.2) is 15.0 Å². The molecule has 28 heavy (non-hydrogen) atoms. The highest BCUT2D eigenvalue weighted by Crippen LogP contribution is 2.30. The van der Waals surface area contributed by atoms with Gasteiger partial charge in [0.25, 0.3) is 5.56 Å². The van der Waals surface area contributed by atoms with Gasteiger partial charge in [-0.3, -0.25) is 14.3 Å². The molecular formula is C21H24N6O. The van der Waals surface area contributed by atoms with E-state index in [4.69, 9.17) is 0 Å². The van der Waals surface area contributed by atoms with Crippen molar-refractivity contribution >= 4 is 16.6 Å². The molecule has 0 radical (unpaired) electrons. The quantitative estimate of drug-likeness (QED) is 0.678. The van der Waals surface area contributed by atoms with Crippen LogP contribution in [0.4, 0.5) is 5.69 Å². The van der Waals surface area contributed by atoms with Gasteiger partial charge in [-0.1, -0.05) is 0 Å². The Morgan fingerprint density at radius 1 is 1.00 bits per heavy atom. The maximum absolute atomic E-state index is 12.7. The number of aromatic nitrogens is 4. The minimum absolute atomic E-state index is 0.0798. The Bertz CT molecular complexity index is 1020. The van der Waals surface area contributed by atoms with Crippen LogP contribution in [0.2, 0.25) is 0 Å². The van der Waals surface area contributed by atoms with Crippen molar-refractivity contribution in [1.82, 2.24) is 24.4 Å². The SMILES string of the molecule is O=c1c2ccc(N3CCN(Cc4ncccn4)CC3)cc2ncn1CC1CC1. The number of nitrogens with zero attached hydrogens (tertiary/aromatic N) is 6. The van der Waals surface area contributed by atoms with Gasteiger partial charge >= 0.3 is 0 Å². The van der Waals surface area contributed by atoms with Crippen molar-refractivity contribution in [3.05, 3.63) is 59.2 Å². The van der Waals surface area contributed by atoms with E-state index in [2.05, 4.69) is 30.8 Å². The summed E-state index contributed by atoms with van der Waals surface area (Å²) in [6.45, 7) is 5.40. The third kappa shape index (κ3) is 3.62. The largest absolute Gasteiger partial charge is 0.369 e. The Hall–Kier alpha value is -2.80. The Kier molecular flexibility index (Phi) is 4.52. The molecule has 144 valence electrons. The van der Waals surface area contributed by atoms with E-state index in [0.29, 0.717) is 11.3 Å². The first-order valence-corrected chi connectivity index (χ1v) is 9.99. The Balaban J connectivity index is 1.28. The summed E-state index contributed by atoms with van der Waals surface area (Å²) in [5.41, 5.74) is 2.00. The molecule has 1 saturated carbocycles. The van der Waals surface area contributed by atoms with Crippen LogP contribution < -0.4 is 10.5 Å². The average Bonchev–Trinajstić information content (AvgIpc) is 3.55. The summed E-state index contributed by atoms with van der Waals surface area (Å²) in [6.07, 6.45) is 7.75. The molecule has 0 N–H and O–H groups in total. The van der Waals surface area contributed by atoms with Gasteiger partial charge in [-0.2, -0.15) is 0 Å². The Labute approximate surface area is 163 Å². The maximum Gasteiger partial charge on any atom is 0.261 e. The van der Waals surface area contributed by atoms with Gasteiger partial charge in [0, 0.05) is 50.8 Å². The van der Waals surface area contributed by atoms with Crippen LogP contribution in [0.15, 0.2) is 47.8 Å². The van der Waals surface area contributed by atoms with Gasteiger partial charge in [-0.05, 0) is 43.0 Å². The zero-order valence-electron chi connectivity index (χ0n) is 15.9. The molecule has 3 heterocycles. The van der Waals surface area contributed by atoms with Gasteiger partial charge in [0.2, 0.25) is 0 Å². The van der Waals surface area contributed by atoms with E-state index in [0.717, 1.165) is 56.3 Å². The molecule has 3 aromatic rings. The van der Waals surface area contributed by atoms with E-state index in [1.807, 2.05) is 18.2 Å². The van der Waals surface area contributed by atoms with E-state index in [1.165, 1.54) is 12.8 Å². The number of anilines is 1. The molecule has 0 unspecified atom stereocenters. The predicted octanol–water partition coefficient (Wildman–Crippen LogP) is 1.92. The lowest BCUT2D eigenvalue weighted by Crippen LogP contribution is -2.46. The number of benzene rings is 1. The summed E-state index contributed by atoms with van der Waals surface area (Å²) < 4.78 is 1.77.